The van der Waals surface area contributed by atoms with Gasteiger partial charge in [0.2, 0.25) is 5.91 Å². The van der Waals surface area contributed by atoms with Gasteiger partial charge in [-0.2, -0.15) is 5.10 Å². The number of benzene rings is 1. The van der Waals surface area contributed by atoms with Crippen LogP contribution in [-0.2, 0) is 28.3 Å². The largest absolute Gasteiger partial charge is 0.274 e. The van der Waals surface area contributed by atoms with E-state index in [1.807, 2.05) is 20.0 Å². The fourth-order valence-corrected chi connectivity index (χ4v) is 3.64. The molecule has 1 N–H and O–H groups in total. The molecule has 2 rings (SSSR count). The lowest BCUT2D eigenvalue weighted by Gasteiger charge is -2.09. The van der Waals surface area contributed by atoms with E-state index in [0.717, 1.165) is 11.4 Å². The molecule has 0 atom stereocenters. The van der Waals surface area contributed by atoms with Crippen LogP contribution >= 0.6 is 11.6 Å². The number of carbonyl (C=O) groups is 1. The minimum Gasteiger partial charge on any atom is -0.274 e. The van der Waals surface area contributed by atoms with Crippen molar-refractivity contribution >= 4 is 27.5 Å². The van der Waals surface area contributed by atoms with Gasteiger partial charge in [0.25, 0.3) is 10.0 Å². The Kier molecular flexibility index (Phi) is 5.11. The number of nitrogens with zero attached hydrogens (tertiary/aromatic N) is 2. The van der Waals surface area contributed by atoms with E-state index in [2.05, 4.69) is 9.82 Å². The summed E-state index contributed by atoms with van der Waals surface area (Å²) in [6, 6.07) is 6.39. The summed E-state index contributed by atoms with van der Waals surface area (Å²) in [6.45, 7) is 3.55. The Morgan fingerprint density at radius 1 is 1.30 bits per heavy atom. The molecule has 0 bridgehead atoms. The summed E-state index contributed by atoms with van der Waals surface area (Å²) in [5.41, 5.74) is 2.24. The molecule has 0 aliphatic rings. The molecule has 8 heteroatoms. The molecule has 0 aliphatic carbocycles. The van der Waals surface area contributed by atoms with Crippen molar-refractivity contribution in [2.45, 2.75) is 31.6 Å². The van der Waals surface area contributed by atoms with Crippen LogP contribution in [0.2, 0.25) is 5.02 Å². The van der Waals surface area contributed by atoms with Gasteiger partial charge in [0.05, 0.1) is 10.6 Å². The highest BCUT2D eigenvalue weighted by molar-refractivity contribution is 7.90. The van der Waals surface area contributed by atoms with Gasteiger partial charge in [0.1, 0.15) is 0 Å². The Morgan fingerprint density at radius 3 is 2.61 bits per heavy atom. The molecular formula is C15H18ClN3O3S. The zero-order valence-corrected chi connectivity index (χ0v) is 14.7. The molecule has 0 radical (unpaired) electrons. The third kappa shape index (κ3) is 4.33. The summed E-state index contributed by atoms with van der Waals surface area (Å²) >= 11 is 5.83. The predicted molar refractivity (Wildman–Crippen MR) is 87.8 cm³/mol. The highest BCUT2D eigenvalue weighted by atomic mass is 35.5. The lowest BCUT2D eigenvalue weighted by atomic mass is 10.2. The summed E-state index contributed by atoms with van der Waals surface area (Å²) in [6.07, 6.45) is 0.410. The van der Waals surface area contributed by atoms with Crippen molar-refractivity contribution in [3.8, 4) is 0 Å². The number of sulfonamides is 1. The molecule has 1 aromatic heterocycles. The van der Waals surface area contributed by atoms with Crippen molar-refractivity contribution in [2.24, 2.45) is 7.05 Å². The minimum absolute atomic E-state index is 0.00651. The van der Waals surface area contributed by atoms with Gasteiger partial charge < -0.3 is 0 Å². The maximum atomic E-state index is 12.3. The van der Waals surface area contributed by atoms with E-state index < -0.39 is 15.9 Å². The van der Waals surface area contributed by atoms with E-state index >= 15 is 0 Å². The first-order valence-corrected chi connectivity index (χ1v) is 8.86. The van der Waals surface area contributed by atoms with Crippen LogP contribution in [0.4, 0.5) is 0 Å². The SMILES string of the molecule is Cc1ccc(Cl)cc1S(=O)(=O)NC(=O)CCc1cc(C)n(C)n1. The van der Waals surface area contributed by atoms with Gasteiger partial charge in [-0.05, 0) is 37.6 Å². The number of aromatic nitrogens is 2. The van der Waals surface area contributed by atoms with Crippen molar-refractivity contribution in [3.63, 3.8) is 0 Å². The number of amides is 1. The predicted octanol–water partition coefficient (Wildman–Crippen LogP) is 2.13. The first-order valence-electron chi connectivity index (χ1n) is 7.00. The van der Waals surface area contributed by atoms with Crippen LogP contribution in [0.25, 0.3) is 0 Å². The van der Waals surface area contributed by atoms with Gasteiger partial charge in [-0.15, -0.1) is 0 Å². The first-order chi connectivity index (χ1) is 10.7. The number of aryl methyl sites for hydroxylation is 4. The zero-order chi connectivity index (χ0) is 17.2. The van der Waals surface area contributed by atoms with Crippen LogP contribution in [0.5, 0.6) is 0 Å². The first kappa shape index (κ1) is 17.5. The molecule has 1 heterocycles. The van der Waals surface area contributed by atoms with Crippen molar-refractivity contribution in [1.29, 1.82) is 0 Å². The summed E-state index contributed by atoms with van der Waals surface area (Å²) in [4.78, 5) is 11.9. The van der Waals surface area contributed by atoms with Gasteiger partial charge in [0, 0.05) is 30.6 Å². The van der Waals surface area contributed by atoms with E-state index in [-0.39, 0.29) is 11.3 Å². The average Bonchev–Trinajstić information content (AvgIpc) is 2.78. The standard InChI is InChI=1S/C15H18ClN3O3S/c1-10-4-5-12(16)9-14(10)23(21,22)18-15(20)7-6-13-8-11(2)19(3)17-13/h4-5,8-9H,6-7H2,1-3H3,(H,18,20). The second-order valence-corrected chi connectivity index (χ2v) is 7.43. The van der Waals surface area contributed by atoms with E-state index in [1.54, 1.807) is 23.7 Å². The van der Waals surface area contributed by atoms with E-state index in [1.165, 1.54) is 6.07 Å². The summed E-state index contributed by atoms with van der Waals surface area (Å²) < 4.78 is 28.3. The monoisotopic (exact) mass is 355 g/mol. The molecule has 0 fully saturated rings. The number of hydrogen-bond donors (Lipinski definition) is 1. The Hall–Kier alpha value is -1.86. The van der Waals surface area contributed by atoms with Crippen LogP contribution in [0.3, 0.4) is 0 Å². The molecule has 0 saturated heterocycles. The maximum absolute atomic E-state index is 12.3. The normalized spacial score (nSPS) is 11.5. The smallest absolute Gasteiger partial charge is 0.264 e. The molecule has 0 saturated carbocycles. The number of rotatable bonds is 5. The molecule has 0 unspecified atom stereocenters. The molecule has 1 amide bonds. The third-order valence-electron chi connectivity index (χ3n) is 3.46. The van der Waals surface area contributed by atoms with Crippen molar-refractivity contribution in [2.75, 3.05) is 0 Å². The maximum Gasteiger partial charge on any atom is 0.264 e. The van der Waals surface area contributed by atoms with Gasteiger partial charge in [0.15, 0.2) is 0 Å². The van der Waals surface area contributed by atoms with E-state index in [4.69, 9.17) is 11.6 Å². The van der Waals surface area contributed by atoms with Crippen LogP contribution in [0.1, 0.15) is 23.4 Å². The zero-order valence-electron chi connectivity index (χ0n) is 13.1. The van der Waals surface area contributed by atoms with Crippen molar-refractivity contribution in [1.82, 2.24) is 14.5 Å². The fraction of sp³-hybridized carbons (Fsp3) is 0.333. The number of halogens is 1. The molecule has 1 aromatic carbocycles. The Labute approximate surface area is 140 Å². The average molecular weight is 356 g/mol. The van der Waals surface area contributed by atoms with E-state index in [0.29, 0.717) is 17.0 Å². The number of nitrogens with one attached hydrogen (secondary N) is 1. The number of hydrogen-bond acceptors (Lipinski definition) is 4. The second-order valence-electron chi connectivity index (χ2n) is 5.34. The lowest BCUT2D eigenvalue weighted by molar-refractivity contribution is -0.119. The fourth-order valence-electron chi connectivity index (χ4n) is 2.12. The molecule has 2 aromatic rings. The quantitative estimate of drug-likeness (QED) is 0.890. The molecule has 0 spiro atoms. The van der Waals surface area contributed by atoms with Gasteiger partial charge >= 0.3 is 0 Å². The molecule has 0 aliphatic heterocycles. The van der Waals surface area contributed by atoms with E-state index in [9.17, 15) is 13.2 Å². The number of carbonyl (C=O) groups excluding carboxylic acids is 1. The Morgan fingerprint density at radius 2 is 2.00 bits per heavy atom. The van der Waals surface area contributed by atoms with Gasteiger partial charge in [-0.25, -0.2) is 13.1 Å². The third-order valence-corrected chi connectivity index (χ3v) is 5.21. The van der Waals surface area contributed by atoms with Crippen LogP contribution in [0, 0.1) is 13.8 Å². The van der Waals surface area contributed by atoms with Crippen LogP contribution in [-0.4, -0.2) is 24.1 Å². The second kappa shape index (κ2) is 6.72. The minimum atomic E-state index is -3.93. The molecule has 23 heavy (non-hydrogen) atoms. The summed E-state index contributed by atoms with van der Waals surface area (Å²) in [5.74, 6) is -0.576. The van der Waals surface area contributed by atoms with Gasteiger partial charge in [-0.3, -0.25) is 9.48 Å². The summed E-state index contributed by atoms with van der Waals surface area (Å²) in [5, 5.41) is 4.53. The Balaban J connectivity index is 2.05. The van der Waals surface area contributed by atoms with Gasteiger partial charge in [-0.1, -0.05) is 17.7 Å². The van der Waals surface area contributed by atoms with Crippen LogP contribution in [0.15, 0.2) is 29.2 Å². The molecule has 6 nitrogen and oxygen atoms in total. The lowest BCUT2D eigenvalue weighted by Crippen LogP contribution is -2.31. The molecular weight excluding hydrogens is 338 g/mol. The topological polar surface area (TPSA) is 81.1 Å². The highest BCUT2D eigenvalue weighted by Crippen LogP contribution is 2.20. The highest BCUT2D eigenvalue weighted by Gasteiger charge is 2.20. The van der Waals surface area contributed by atoms with Crippen molar-refractivity contribution < 1.29 is 13.2 Å². The van der Waals surface area contributed by atoms with Crippen LogP contribution < -0.4 is 4.72 Å². The van der Waals surface area contributed by atoms with Crippen molar-refractivity contribution in [3.05, 3.63) is 46.2 Å². The summed E-state index contributed by atoms with van der Waals surface area (Å²) in [7, 11) is -2.12. The molecule has 124 valence electrons. The Bertz CT molecular complexity index is 824.